The van der Waals surface area contributed by atoms with E-state index in [4.69, 9.17) is 0 Å². The molecule has 1 N–H and O–H groups in total. The smallest absolute Gasteiger partial charge is 0.306 e. The van der Waals surface area contributed by atoms with Crippen LogP contribution in [0.15, 0.2) is 18.2 Å². The molecular formula is C11H15FN2O2. The average molecular weight is 226 g/mol. The first-order valence-electron chi connectivity index (χ1n) is 5.33. The molecule has 0 aliphatic heterocycles. The van der Waals surface area contributed by atoms with E-state index in [1.54, 1.807) is 0 Å². The molecule has 16 heavy (non-hydrogen) atoms. The van der Waals surface area contributed by atoms with Gasteiger partial charge in [-0.05, 0) is 18.6 Å². The summed E-state index contributed by atoms with van der Waals surface area (Å²) < 4.78 is 13.0. The zero-order valence-corrected chi connectivity index (χ0v) is 9.20. The SMILES string of the molecule is CCCCCNc1ccc(F)c([N+](=O)[O-])c1. The highest BCUT2D eigenvalue weighted by atomic mass is 19.1. The minimum Gasteiger partial charge on any atom is -0.385 e. The van der Waals surface area contributed by atoms with Crippen molar-refractivity contribution in [3.05, 3.63) is 34.1 Å². The van der Waals surface area contributed by atoms with Crippen LogP contribution in [0.1, 0.15) is 26.2 Å². The van der Waals surface area contributed by atoms with Gasteiger partial charge in [0.15, 0.2) is 0 Å². The molecule has 0 fully saturated rings. The lowest BCUT2D eigenvalue weighted by Crippen LogP contribution is -2.02. The Balaban J connectivity index is 2.61. The van der Waals surface area contributed by atoms with Gasteiger partial charge in [0.05, 0.1) is 4.92 Å². The summed E-state index contributed by atoms with van der Waals surface area (Å²) in [4.78, 5) is 9.77. The highest BCUT2D eigenvalue weighted by Crippen LogP contribution is 2.21. The molecule has 0 amide bonds. The van der Waals surface area contributed by atoms with Crippen molar-refractivity contribution in [3.63, 3.8) is 0 Å². The molecule has 5 heteroatoms. The van der Waals surface area contributed by atoms with Gasteiger partial charge in [0.1, 0.15) is 0 Å². The molecule has 1 rings (SSSR count). The van der Waals surface area contributed by atoms with Crippen molar-refractivity contribution in [1.29, 1.82) is 0 Å². The van der Waals surface area contributed by atoms with Crippen LogP contribution in [0.25, 0.3) is 0 Å². The van der Waals surface area contributed by atoms with Crippen LogP contribution in [0.5, 0.6) is 0 Å². The van der Waals surface area contributed by atoms with Crippen LogP contribution in [0, 0.1) is 15.9 Å². The van der Waals surface area contributed by atoms with Gasteiger partial charge in [0.2, 0.25) is 5.82 Å². The fourth-order valence-electron chi connectivity index (χ4n) is 1.37. The molecule has 0 saturated heterocycles. The minimum atomic E-state index is -0.802. The van der Waals surface area contributed by atoms with Gasteiger partial charge in [-0.25, -0.2) is 0 Å². The Morgan fingerprint density at radius 3 is 2.81 bits per heavy atom. The summed E-state index contributed by atoms with van der Waals surface area (Å²) in [6.07, 6.45) is 3.23. The first-order valence-corrected chi connectivity index (χ1v) is 5.33. The Morgan fingerprint density at radius 1 is 1.44 bits per heavy atom. The highest BCUT2D eigenvalue weighted by molar-refractivity contribution is 5.51. The Hall–Kier alpha value is -1.65. The molecule has 0 aromatic heterocycles. The number of nitrogens with one attached hydrogen (secondary N) is 1. The lowest BCUT2D eigenvalue weighted by atomic mass is 10.2. The van der Waals surface area contributed by atoms with Gasteiger partial charge in [-0.15, -0.1) is 0 Å². The van der Waals surface area contributed by atoms with Crippen LogP contribution < -0.4 is 5.32 Å². The van der Waals surface area contributed by atoms with E-state index >= 15 is 0 Å². The molecule has 0 bridgehead atoms. The summed E-state index contributed by atoms with van der Waals surface area (Å²) in [7, 11) is 0. The van der Waals surface area contributed by atoms with Crippen molar-refractivity contribution in [2.45, 2.75) is 26.2 Å². The van der Waals surface area contributed by atoms with E-state index in [2.05, 4.69) is 12.2 Å². The van der Waals surface area contributed by atoms with Crippen LogP contribution in [0.4, 0.5) is 15.8 Å². The maximum Gasteiger partial charge on any atom is 0.306 e. The Kier molecular flexibility index (Phi) is 4.69. The molecule has 0 spiro atoms. The van der Waals surface area contributed by atoms with Gasteiger partial charge in [0, 0.05) is 18.3 Å². The van der Waals surface area contributed by atoms with Gasteiger partial charge in [0.25, 0.3) is 0 Å². The monoisotopic (exact) mass is 226 g/mol. The number of halogens is 1. The number of nitro groups is 1. The molecule has 1 aromatic rings. The van der Waals surface area contributed by atoms with Crippen molar-refractivity contribution in [2.75, 3.05) is 11.9 Å². The van der Waals surface area contributed by atoms with E-state index < -0.39 is 16.4 Å². The third-order valence-electron chi connectivity index (χ3n) is 2.25. The van der Waals surface area contributed by atoms with Gasteiger partial charge in [-0.1, -0.05) is 19.8 Å². The van der Waals surface area contributed by atoms with E-state index in [1.807, 2.05) is 0 Å². The van der Waals surface area contributed by atoms with Gasteiger partial charge in [-0.3, -0.25) is 10.1 Å². The van der Waals surface area contributed by atoms with Crippen LogP contribution >= 0.6 is 0 Å². The van der Waals surface area contributed by atoms with Gasteiger partial charge in [-0.2, -0.15) is 4.39 Å². The van der Waals surface area contributed by atoms with Crippen LogP contribution in [0.2, 0.25) is 0 Å². The number of nitrogens with zero attached hydrogens (tertiary/aromatic N) is 1. The number of hydrogen-bond donors (Lipinski definition) is 1. The summed E-state index contributed by atoms with van der Waals surface area (Å²) in [5, 5.41) is 13.5. The summed E-state index contributed by atoms with van der Waals surface area (Å²) in [5.41, 5.74) is 0.102. The molecule has 0 saturated carbocycles. The van der Waals surface area contributed by atoms with E-state index in [0.717, 1.165) is 31.9 Å². The Bertz CT molecular complexity index is 369. The number of hydrogen-bond acceptors (Lipinski definition) is 3. The van der Waals surface area contributed by atoms with Gasteiger partial charge < -0.3 is 5.32 Å². The quantitative estimate of drug-likeness (QED) is 0.460. The fourth-order valence-corrected chi connectivity index (χ4v) is 1.37. The van der Waals surface area contributed by atoms with E-state index in [0.29, 0.717) is 5.69 Å². The number of anilines is 1. The second-order valence-corrected chi connectivity index (χ2v) is 3.56. The summed E-state index contributed by atoms with van der Waals surface area (Å²) >= 11 is 0. The van der Waals surface area contributed by atoms with Crippen LogP contribution in [-0.2, 0) is 0 Å². The van der Waals surface area contributed by atoms with Crippen LogP contribution in [-0.4, -0.2) is 11.5 Å². The lowest BCUT2D eigenvalue weighted by Gasteiger charge is -2.05. The highest BCUT2D eigenvalue weighted by Gasteiger charge is 2.13. The molecule has 1 aromatic carbocycles. The average Bonchev–Trinajstić information content (AvgIpc) is 2.26. The van der Waals surface area contributed by atoms with Crippen molar-refractivity contribution in [2.24, 2.45) is 0 Å². The first kappa shape index (κ1) is 12.4. The zero-order valence-electron chi connectivity index (χ0n) is 9.20. The minimum absolute atomic E-state index is 0.486. The van der Waals surface area contributed by atoms with E-state index in [1.165, 1.54) is 12.1 Å². The summed E-state index contributed by atoms with van der Waals surface area (Å²) in [5.74, 6) is -0.802. The molecule has 4 nitrogen and oxygen atoms in total. The first-order chi connectivity index (χ1) is 7.65. The molecule has 0 radical (unpaired) electrons. The predicted octanol–water partition coefficient (Wildman–Crippen LogP) is 3.34. The molecular weight excluding hydrogens is 211 g/mol. The zero-order chi connectivity index (χ0) is 12.0. The molecule has 0 heterocycles. The third-order valence-corrected chi connectivity index (χ3v) is 2.25. The second-order valence-electron chi connectivity index (χ2n) is 3.56. The molecule has 0 aliphatic carbocycles. The van der Waals surface area contributed by atoms with Crippen LogP contribution in [0.3, 0.4) is 0 Å². The Morgan fingerprint density at radius 2 is 2.19 bits per heavy atom. The molecule has 0 atom stereocenters. The Labute approximate surface area is 93.6 Å². The lowest BCUT2D eigenvalue weighted by molar-refractivity contribution is -0.387. The maximum atomic E-state index is 13.0. The van der Waals surface area contributed by atoms with Crippen molar-refractivity contribution < 1.29 is 9.31 Å². The number of unbranched alkanes of at least 4 members (excludes halogenated alkanes) is 2. The third kappa shape index (κ3) is 3.49. The van der Waals surface area contributed by atoms with Crippen molar-refractivity contribution in [1.82, 2.24) is 0 Å². The van der Waals surface area contributed by atoms with Gasteiger partial charge >= 0.3 is 5.69 Å². The maximum absolute atomic E-state index is 13.0. The summed E-state index contributed by atoms with van der Waals surface area (Å²) in [6.45, 7) is 2.85. The number of benzene rings is 1. The normalized spacial score (nSPS) is 10.1. The van der Waals surface area contributed by atoms with Crippen molar-refractivity contribution >= 4 is 11.4 Å². The second kappa shape index (κ2) is 6.05. The number of rotatable bonds is 6. The molecule has 0 aliphatic rings. The molecule has 88 valence electrons. The van der Waals surface area contributed by atoms with E-state index in [9.17, 15) is 14.5 Å². The molecule has 0 unspecified atom stereocenters. The van der Waals surface area contributed by atoms with E-state index in [-0.39, 0.29) is 0 Å². The summed E-state index contributed by atoms with van der Waals surface area (Å²) in [6, 6.07) is 3.84. The largest absolute Gasteiger partial charge is 0.385 e. The predicted molar refractivity (Wildman–Crippen MR) is 61.1 cm³/mol. The standard InChI is InChI=1S/C11H15FN2O2/c1-2-3-4-7-13-9-5-6-10(12)11(8-9)14(15)16/h5-6,8,13H,2-4,7H2,1H3. The fraction of sp³-hybridized carbons (Fsp3) is 0.455. The number of nitro benzene ring substituents is 1. The van der Waals surface area contributed by atoms with Crippen molar-refractivity contribution in [3.8, 4) is 0 Å². The topological polar surface area (TPSA) is 55.2 Å².